The molecule has 16 atom stereocenters. The summed E-state index contributed by atoms with van der Waals surface area (Å²) in [5.74, 6) is -0.230. The van der Waals surface area contributed by atoms with Gasteiger partial charge in [-0.1, -0.05) is 26.8 Å². The molecule has 6 aliphatic rings. The van der Waals surface area contributed by atoms with Crippen LogP contribution in [0.2, 0.25) is 0 Å². The van der Waals surface area contributed by atoms with E-state index in [4.69, 9.17) is 23.7 Å². The maximum absolute atomic E-state index is 13.7. The minimum atomic E-state index is -1.77. The molecular formula is C36H57NO14. The maximum Gasteiger partial charge on any atom is 0.325 e. The molecule has 1 amide bonds. The number of rotatable bonds is 10. The first kappa shape index (κ1) is 38.9. The van der Waals surface area contributed by atoms with Crippen molar-refractivity contribution in [1.82, 2.24) is 5.32 Å². The average molecular weight is 728 g/mol. The molecule has 0 aromatic heterocycles. The molecule has 2 bridgehead atoms. The summed E-state index contributed by atoms with van der Waals surface area (Å²) in [6, 6.07) is 0. The number of ether oxygens (including phenoxy) is 5. The molecule has 0 radical (unpaired) electrons. The zero-order valence-corrected chi connectivity index (χ0v) is 29.8. The largest absolute Gasteiger partial charge is 0.465 e. The van der Waals surface area contributed by atoms with Crippen LogP contribution in [0, 0.1) is 28.1 Å². The fourth-order valence-electron chi connectivity index (χ4n) is 11.2. The van der Waals surface area contributed by atoms with Gasteiger partial charge in [0, 0.05) is 5.41 Å². The highest BCUT2D eigenvalue weighted by atomic mass is 16.8. The summed E-state index contributed by atoms with van der Waals surface area (Å²) in [5, 5.41) is 75.9. The number of aliphatic hydroxyl groups is 7. The lowest BCUT2D eigenvalue weighted by molar-refractivity contribution is -0.378. The Morgan fingerprint density at radius 1 is 0.863 bits per heavy atom. The second kappa shape index (κ2) is 14.5. The zero-order valence-electron chi connectivity index (χ0n) is 29.8. The quantitative estimate of drug-likeness (QED) is 0.0798. The van der Waals surface area contributed by atoms with E-state index in [0.717, 1.165) is 44.1 Å². The van der Waals surface area contributed by atoms with Crippen molar-refractivity contribution in [3.05, 3.63) is 12.2 Å². The van der Waals surface area contributed by atoms with Crippen molar-refractivity contribution in [1.29, 1.82) is 0 Å². The molecular weight excluding hydrogens is 670 g/mol. The number of hydrogen-bond donors (Lipinski definition) is 8. The smallest absolute Gasteiger partial charge is 0.325 e. The van der Waals surface area contributed by atoms with Crippen molar-refractivity contribution >= 4 is 11.9 Å². The van der Waals surface area contributed by atoms with Crippen LogP contribution in [0.15, 0.2) is 12.2 Å². The molecule has 51 heavy (non-hydrogen) atoms. The fraction of sp³-hybridized carbons (Fsp3) is 0.889. The fourth-order valence-corrected chi connectivity index (χ4v) is 11.2. The Bertz CT molecular complexity index is 1320. The maximum atomic E-state index is 13.7. The molecule has 0 aromatic carbocycles. The molecule has 0 aromatic rings. The Labute approximate surface area is 298 Å². The summed E-state index contributed by atoms with van der Waals surface area (Å²) in [4.78, 5) is 25.8. The molecule has 2 heterocycles. The zero-order chi connectivity index (χ0) is 37.1. The third-order valence-electron chi connectivity index (χ3n) is 13.7. The van der Waals surface area contributed by atoms with E-state index in [1.165, 1.54) is 0 Å². The van der Waals surface area contributed by atoms with Crippen LogP contribution in [0.3, 0.4) is 0 Å². The molecule has 2 aliphatic heterocycles. The van der Waals surface area contributed by atoms with Gasteiger partial charge in [0.1, 0.15) is 55.4 Å². The molecule has 4 saturated carbocycles. The third-order valence-corrected chi connectivity index (χ3v) is 13.7. The molecule has 6 fully saturated rings. The highest BCUT2D eigenvalue weighted by molar-refractivity contribution is 5.86. The van der Waals surface area contributed by atoms with E-state index in [9.17, 15) is 45.3 Å². The number of amides is 1. The van der Waals surface area contributed by atoms with E-state index in [0.29, 0.717) is 19.3 Å². The molecule has 0 unspecified atom stereocenters. The van der Waals surface area contributed by atoms with E-state index >= 15 is 0 Å². The summed E-state index contributed by atoms with van der Waals surface area (Å²) in [5.41, 5.74) is -1.05. The predicted molar refractivity (Wildman–Crippen MR) is 176 cm³/mol. The first-order valence-electron chi connectivity index (χ1n) is 18.5. The van der Waals surface area contributed by atoms with Gasteiger partial charge in [0.2, 0.25) is 5.91 Å². The van der Waals surface area contributed by atoms with Crippen LogP contribution in [0.5, 0.6) is 0 Å². The van der Waals surface area contributed by atoms with Gasteiger partial charge in [-0.2, -0.15) is 0 Å². The highest BCUT2D eigenvalue weighted by Gasteiger charge is 2.69. The normalized spacial score (nSPS) is 49.5. The molecule has 8 N–H and O–H groups in total. The first-order chi connectivity index (χ1) is 24.1. The van der Waals surface area contributed by atoms with Crippen LogP contribution in [-0.4, -0.2) is 141 Å². The van der Waals surface area contributed by atoms with Crippen molar-refractivity contribution in [2.45, 2.75) is 146 Å². The van der Waals surface area contributed by atoms with Crippen molar-refractivity contribution in [2.24, 2.45) is 28.1 Å². The van der Waals surface area contributed by atoms with Crippen LogP contribution in [0.25, 0.3) is 0 Å². The lowest BCUT2D eigenvalue weighted by atomic mass is 9.40. The van der Waals surface area contributed by atoms with Crippen molar-refractivity contribution in [3.8, 4) is 0 Å². The van der Waals surface area contributed by atoms with Crippen LogP contribution in [0.4, 0.5) is 0 Å². The van der Waals surface area contributed by atoms with E-state index in [-0.39, 0.29) is 41.7 Å². The van der Waals surface area contributed by atoms with E-state index in [1.807, 2.05) is 6.92 Å². The van der Waals surface area contributed by atoms with Crippen molar-refractivity contribution in [2.75, 3.05) is 26.4 Å². The lowest BCUT2D eigenvalue weighted by Gasteiger charge is -2.64. The Kier molecular flexibility index (Phi) is 11.1. The van der Waals surface area contributed by atoms with Crippen LogP contribution in [-0.2, 0) is 33.3 Å². The summed E-state index contributed by atoms with van der Waals surface area (Å²) in [7, 11) is 0. The second-order valence-corrected chi connectivity index (χ2v) is 16.4. The lowest BCUT2D eigenvalue weighted by Crippen LogP contribution is -2.65. The van der Waals surface area contributed by atoms with Gasteiger partial charge in [0.15, 0.2) is 12.6 Å². The van der Waals surface area contributed by atoms with Gasteiger partial charge in [-0.15, -0.1) is 0 Å². The Balaban J connectivity index is 1.22. The molecule has 15 nitrogen and oxygen atoms in total. The molecule has 6 rings (SSSR count). The van der Waals surface area contributed by atoms with Gasteiger partial charge >= 0.3 is 5.97 Å². The number of aliphatic hydroxyl groups excluding tert-OH is 7. The molecule has 15 heteroatoms. The Morgan fingerprint density at radius 2 is 1.51 bits per heavy atom. The standard InChI is InChI=1S/C36H57NO14/c1-5-47-23(40)14-37-32(46)34(4)10-6-9-33(3)21(34)7-11-35-13-18(2)36(17-35,12-8-22(33)35)51-31-29(27(44)25(42)20(16-39)49-31)50-30-28(45)26(43)24(41)19(15-38)48-30/h19-22,24-31,38-39,41-45H,2,5-17H2,1,3-4H3,(H,37,46)/t19-,20-,21-,22-,24-,25-,26+,27+,28-,29-,30+,31-,33+,34+,35+,36+/m1/s1. The van der Waals surface area contributed by atoms with E-state index < -0.39 is 91.6 Å². The number of hydrogen-bond acceptors (Lipinski definition) is 14. The van der Waals surface area contributed by atoms with E-state index in [1.54, 1.807) is 6.92 Å². The average Bonchev–Trinajstić information content (AvgIpc) is 3.29. The van der Waals surface area contributed by atoms with Gasteiger partial charge in [-0.25, -0.2) is 0 Å². The topological polar surface area (TPSA) is 234 Å². The van der Waals surface area contributed by atoms with Crippen LogP contribution >= 0.6 is 0 Å². The number of nitrogens with one attached hydrogen (secondary N) is 1. The van der Waals surface area contributed by atoms with Crippen molar-refractivity contribution < 1.29 is 69.0 Å². The van der Waals surface area contributed by atoms with E-state index in [2.05, 4.69) is 18.8 Å². The third kappa shape index (κ3) is 6.47. The Hall–Kier alpha value is -1.76. The summed E-state index contributed by atoms with van der Waals surface area (Å²) in [6.45, 7) is 9.32. The SMILES string of the molecule is C=C1C[C@]23CC[C@@H]4[C@](C)(CCC[C@]4(C)C(=O)NCC(=O)OCC)[C@H]2CC[C@]1(O[C@H]1O[C@H](CO)[C@@H](O)[C@H](O)[C@H]1O[C@@H]1O[C@H](CO)[C@@H](O)[C@H](O)[C@H]1O)C3. The number of fused-ring (bicyclic) bond motifs is 3. The minimum absolute atomic E-state index is 0.0961. The van der Waals surface area contributed by atoms with Crippen LogP contribution in [0.1, 0.15) is 78.6 Å². The molecule has 1 spiro atoms. The van der Waals surface area contributed by atoms with Gasteiger partial charge < -0.3 is 64.7 Å². The summed E-state index contributed by atoms with van der Waals surface area (Å²) in [6.07, 6.45) is -8.54. The summed E-state index contributed by atoms with van der Waals surface area (Å²) < 4.78 is 29.3. The number of carbonyl (C=O) groups excluding carboxylic acids is 2. The molecule has 4 aliphatic carbocycles. The number of carbonyl (C=O) groups is 2. The van der Waals surface area contributed by atoms with Gasteiger partial charge in [-0.05, 0) is 86.5 Å². The first-order valence-corrected chi connectivity index (χ1v) is 18.5. The van der Waals surface area contributed by atoms with Crippen LogP contribution < -0.4 is 5.32 Å². The predicted octanol–water partition coefficient (Wildman–Crippen LogP) is -0.602. The van der Waals surface area contributed by atoms with Gasteiger partial charge in [-0.3, -0.25) is 9.59 Å². The molecule has 290 valence electrons. The van der Waals surface area contributed by atoms with Crippen molar-refractivity contribution in [3.63, 3.8) is 0 Å². The van der Waals surface area contributed by atoms with Gasteiger partial charge in [0.25, 0.3) is 0 Å². The monoisotopic (exact) mass is 727 g/mol. The second-order valence-electron chi connectivity index (χ2n) is 16.4. The highest BCUT2D eigenvalue weighted by Crippen LogP contribution is 2.73. The summed E-state index contributed by atoms with van der Waals surface area (Å²) >= 11 is 0. The molecule has 2 saturated heterocycles. The Morgan fingerprint density at radius 3 is 2.18 bits per heavy atom. The van der Waals surface area contributed by atoms with Gasteiger partial charge in [0.05, 0.1) is 25.4 Å². The number of esters is 1. The minimum Gasteiger partial charge on any atom is -0.465 e.